The number of hydrogen-bond acceptors (Lipinski definition) is 7. The summed E-state index contributed by atoms with van der Waals surface area (Å²) in [7, 11) is 0. The molecule has 0 radical (unpaired) electrons. The molecule has 0 aromatic carbocycles. The van der Waals surface area contributed by atoms with Gasteiger partial charge < -0.3 is 24.4 Å². The zero-order chi connectivity index (χ0) is 17.3. The lowest BCUT2D eigenvalue weighted by atomic mass is 9.97. The quantitative estimate of drug-likeness (QED) is 0.735. The Bertz CT molecular complexity index is 419. The van der Waals surface area contributed by atoms with Gasteiger partial charge in [-0.25, -0.2) is 0 Å². The summed E-state index contributed by atoms with van der Waals surface area (Å²) in [5.74, 6) is -0.991. The molecule has 128 valence electrons. The highest BCUT2D eigenvalue weighted by molar-refractivity contribution is 5.76. The van der Waals surface area contributed by atoms with Gasteiger partial charge in [0.25, 0.3) is 0 Å². The molecular weight excluding hydrogens is 292 g/mol. The van der Waals surface area contributed by atoms with E-state index >= 15 is 0 Å². The summed E-state index contributed by atoms with van der Waals surface area (Å²) < 4.78 is 15.4. The SMILES string of the molecule is CC(C)(C)C(=O)OC[C@H]1O[C@@H](O)[C@H](O)[C@H]1OC(=O)C(C)(C)C. The van der Waals surface area contributed by atoms with E-state index in [1.807, 2.05) is 0 Å². The van der Waals surface area contributed by atoms with E-state index in [1.54, 1.807) is 41.5 Å². The molecule has 7 nitrogen and oxygen atoms in total. The Labute approximate surface area is 130 Å². The van der Waals surface area contributed by atoms with Crippen molar-refractivity contribution in [3.05, 3.63) is 0 Å². The first-order valence-electron chi connectivity index (χ1n) is 7.24. The van der Waals surface area contributed by atoms with Crippen LogP contribution in [0.1, 0.15) is 41.5 Å². The van der Waals surface area contributed by atoms with Gasteiger partial charge in [0.05, 0.1) is 10.8 Å². The zero-order valence-electron chi connectivity index (χ0n) is 14.0. The molecule has 0 spiro atoms. The Morgan fingerprint density at radius 1 is 1.00 bits per heavy atom. The topological polar surface area (TPSA) is 102 Å². The van der Waals surface area contributed by atoms with Crippen molar-refractivity contribution in [2.45, 2.75) is 66.1 Å². The molecule has 0 aromatic heterocycles. The van der Waals surface area contributed by atoms with Gasteiger partial charge in [-0.3, -0.25) is 9.59 Å². The summed E-state index contributed by atoms with van der Waals surface area (Å²) >= 11 is 0. The molecule has 2 N–H and O–H groups in total. The molecule has 1 saturated heterocycles. The lowest BCUT2D eigenvalue weighted by molar-refractivity contribution is -0.170. The Morgan fingerprint density at radius 2 is 1.50 bits per heavy atom. The lowest BCUT2D eigenvalue weighted by Crippen LogP contribution is -2.42. The summed E-state index contributed by atoms with van der Waals surface area (Å²) in [6.07, 6.45) is -4.88. The van der Waals surface area contributed by atoms with Crippen molar-refractivity contribution >= 4 is 11.9 Å². The van der Waals surface area contributed by atoms with E-state index in [1.165, 1.54) is 0 Å². The van der Waals surface area contributed by atoms with Gasteiger partial charge in [0.2, 0.25) is 0 Å². The van der Waals surface area contributed by atoms with E-state index in [2.05, 4.69) is 0 Å². The molecule has 1 heterocycles. The number of ether oxygens (including phenoxy) is 3. The van der Waals surface area contributed by atoms with Crippen LogP contribution in [-0.2, 0) is 23.8 Å². The van der Waals surface area contributed by atoms with E-state index in [-0.39, 0.29) is 6.61 Å². The fourth-order valence-electron chi connectivity index (χ4n) is 1.67. The highest BCUT2D eigenvalue weighted by atomic mass is 16.7. The maximum atomic E-state index is 11.9. The Kier molecular flexibility index (Phi) is 5.59. The molecule has 1 rings (SSSR count). The molecule has 22 heavy (non-hydrogen) atoms. The van der Waals surface area contributed by atoms with Crippen LogP contribution in [0.25, 0.3) is 0 Å². The van der Waals surface area contributed by atoms with E-state index in [9.17, 15) is 19.8 Å². The molecule has 7 heteroatoms. The molecule has 0 saturated carbocycles. The van der Waals surface area contributed by atoms with Crippen molar-refractivity contribution in [1.29, 1.82) is 0 Å². The summed E-state index contributed by atoms with van der Waals surface area (Å²) in [5.41, 5.74) is -1.45. The van der Waals surface area contributed by atoms with E-state index in [4.69, 9.17) is 14.2 Å². The van der Waals surface area contributed by atoms with E-state index < -0.39 is 47.4 Å². The maximum absolute atomic E-state index is 11.9. The number of hydrogen-bond donors (Lipinski definition) is 2. The van der Waals surface area contributed by atoms with Gasteiger partial charge >= 0.3 is 11.9 Å². The molecule has 1 fully saturated rings. The number of carbonyl (C=O) groups excluding carboxylic acids is 2. The molecule has 1 aliphatic rings. The molecule has 1 aliphatic heterocycles. The number of rotatable bonds is 3. The Balaban J connectivity index is 2.71. The molecule has 0 aromatic rings. The number of aliphatic hydroxyl groups is 2. The van der Waals surface area contributed by atoms with Gasteiger partial charge in [0.1, 0.15) is 18.8 Å². The van der Waals surface area contributed by atoms with Gasteiger partial charge in [-0.1, -0.05) is 0 Å². The normalized spacial score (nSPS) is 29.3. The molecule has 0 bridgehead atoms. The molecule has 0 amide bonds. The van der Waals surface area contributed by atoms with Crippen LogP contribution in [0.15, 0.2) is 0 Å². The second-order valence-corrected chi connectivity index (χ2v) is 7.52. The van der Waals surface area contributed by atoms with Gasteiger partial charge in [0, 0.05) is 0 Å². The number of carbonyl (C=O) groups is 2. The van der Waals surface area contributed by atoms with Gasteiger partial charge in [-0.2, -0.15) is 0 Å². The summed E-state index contributed by atoms with van der Waals surface area (Å²) in [6, 6.07) is 0. The summed E-state index contributed by atoms with van der Waals surface area (Å²) in [5, 5.41) is 19.5. The van der Waals surface area contributed by atoms with Crippen LogP contribution >= 0.6 is 0 Å². The smallest absolute Gasteiger partial charge is 0.311 e. The second kappa shape index (κ2) is 6.52. The average Bonchev–Trinajstić information content (AvgIpc) is 2.61. The molecular formula is C15H26O7. The van der Waals surface area contributed by atoms with Crippen molar-refractivity contribution in [3.63, 3.8) is 0 Å². The summed E-state index contributed by atoms with van der Waals surface area (Å²) in [6.45, 7) is 9.89. The Hall–Kier alpha value is -1.18. The van der Waals surface area contributed by atoms with Crippen molar-refractivity contribution in [1.82, 2.24) is 0 Å². The van der Waals surface area contributed by atoms with Gasteiger partial charge in [-0.15, -0.1) is 0 Å². The first-order valence-corrected chi connectivity index (χ1v) is 7.24. The first kappa shape index (κ1) is 18.9. The van der Waals surface area contributed by atoms with Gasteiger partial charge in [-0.05, 0) is 41.5 Å². The summed E-state index contributed by atoms with van der Waals surface area (Å²) in [4.78, 5) is 23.7. The molecule has 0 unspecified atom stereocenters. The third kappa shape index (κ3) is 4.66. The minimum Gasteiger partial charge on any atom is -0.462 e. The molecule has 0 aliphatic carbocycles. The van der Waals surface area contributed by atoms with Crippen molar-refractivity contribution in [2.75, 3.05) is 6.61 Å². The van der Waals surface area contributed by atoms with Crippen LogP contribution in [-0.4, -0.2) is 53.4 Å². The third-order valence-corrected chi connectivity index (χ3v) is 3.16. The minimum atomic E-state index is -1.49. The van der Waals surface area contributed by atoms with Crippen molar-refractivity contribution in [3.8, 4) is 0 Å². The van der Waals surface area contributed by atoms with Crippen LogP contribution in [0.4, 0.5) is 0 Å². The van der Waals surface area contributed by atoms with Crippen LogP contribution in [0, 0.1) is 10.8 Å². The third-order valence-electron chi connectivity index (χ3n) is 3.16. The van der Waals surface area contributed by atoms with Gasteiger partial charge in [0.15, 0.2) is 12.4 Å². The van der Waals surface area contributed by atoms with E-state index in [0.717, 1.165) is 0 Å². The second-order valence-electron chi connectivity index (χ2n) is 7.52. The zero-order valence-corrected chi connectivity index (χ0v) is 14.0. The lowest BCUT2D eigenvalue weighted by Gasteiger charge is -2.25. The number of esters is 2. The fourth-order valence-corrected chi connectivity index (χ4v) is 1.67. The minimum absolute atomic E-state index is 0.216. The predicted molar refractivity (Wildman–Crippen MR) is 76.6 cm³/mol. The highest BCUT2D eigenvalue weighted by Gasteiger charge is 2.47. The highest BCUT2D eigenvalue weighted by Crippen LogP contribution is 2.27. The van der Waals surface area contributed by atoms with Crippen LogP contribution in [0.3, 0.4) is 0 Å². The monoisotopic (exact) mass is 318 g/mol. The largest absolute Gasteiger partial charge is 0.462 e. The Morgan fingerprint density at radius 3 is 1.95 bits per heavy atom. The van der Waals surface area contributed by atoms with Crippen LogP contribution < -0.4 is 0 Å². The fraction of sp³-hybridized carbons (Fsp3) is 0.867. The first-order chi connectivity index (χ1) is 9.84. The molecule has 4 atom stereocenters. The maximum Gasteiger partial charge on any atom is 0.311 e. The van der Waals surface area contributed by atoms with E-state index in [0.29, 0.717) is 0 Å². The predicted octanol–water partition coefficient (Wildman–Crippen LogP) is 0.612. The number of aliphatic hydroxyl groups excluding tert-OH is 2. The van der Waals surface area contributed by atoms with Crippen LogP contribution in [0.5, 0.6) is 0 Å². The van der Waals surface area contributed by atoms with Crippen molar-refractivity contribution < 1.29 is 34.0 Å². The van der Waals surface area contributed by atoms with Crippen molar-refractivity contribution in [2.24, 2.45) is 10.8 Å². The standard InChI is InChI=1S/C15H26O7/c1-14(2,3)12(18)20-7-8-10(9(16)11(17)21-8)22-13(19)15(4,5)6/h8-11,16-17H,7H2,1-6H3/t8-,9-,10+,11-/m1/s1. The average molecular weight is 318 g/mol. The van der Waals surface area contributed by atoms with Crippen LogP contribution in [0.2, 0.25) is 0 Å².